The van der Waals surface area contributed by atoms with Crippen LogP contribution in [0, 0.1) is 4.77 Å². The summed E-state index contributed by atoms with van der Waals surface area (Å²) in [5.74, 6) is 0.821. The van der Waals surface area contributed by atoms with Crippen molar-refractivity contribution >= 4 is 44.7 Å². The molecule has 0 bridgehead atoms. The van der Waals surface area contributed by atoms with Crippen molar-refractivity contribution in [2.45, 2.75) is 0 Å². The van der Waals surface area contributed by atoms with Crippen LogP contribution < -0.4 is 4.74 Å². The van der Waals surface area contributed by atoms with E-state index < -0.39 is 0 Å². The Balaban J connectivity index is 2.03. The average Bonchev–Trinajstić information content (AvgIpc) is 3.08. The maximum absolute atomic E-state index is 5.49. The van der Waals surface area contributed by atoms with E-state index in [1.807, 2.05) is 22.8 Å². The van der Waals surface area contributed by atoms with Gasteiger partial charge in [-0.25, -0.2) is 0 Å². The van der Waals surface area contributed by atoms with Crippen molar-refractivity contribution in [3.05, 3.63) is 52.6 Å². The largest absolute Gasteiger partial charge is 0.497 e. The van der Waals surface area contributed by atoms with E-state index in [2.05, 4.69) is 34.6 Å². The Kier molecular flexibility index (Phi) is 2.83. The van der Waals surface area contributed by atoms with Crippen molar-refractivity contribution in [2.24, 2.45) is 0 Å². The number of hydrogen-bond acceptors (Lipinski definition) is 3. The van der Waals surface area contributed by atoms with Crippen molar-refractivity contribution in [2.75, 3.05) is 7.11 Å². The monoisotopic (exact) mass is 312 g/mol. The summed E-state index contributed by atoms with van der Waals surface area (Å²) in [5, 5.41) is 3.34. The molecule has 0 radical (unpaired) electrons. The molecule has 4 rings (SSSR count). The maximum atomic E-state index is 5.49. The molecular weight excluding hydrogens is 300 g/mol. The quantitative estimate of drug-likeness (QED) is 0.533. The number of ether oxygens (including phenoxy) is 1. The van der Waals surface area contributed by atoms with E-state index in [-0.39, 0.29) is 0 Å². The zero-order chi connectivity index (χ0) is 14.4. The first-order valence-electron chi connectivity index (χ1n) is 6.53. The molecule has 4 aromatic rings. The number of aromatic nitrogens is 2. The number of hydrogen-bond donors (Lipinski definition) is 1. The van der Waals surface area contributed by atoms with E-state index in [0.29, 0.717) is 4.77 Å². The molecule has 0 aliphatic heterocycles. The van der Waals surface area contributed by atoms with Crippen LogP contribution in [0.25, 0.3) is 26.8 Å². The molecule has 0 aliphatic carbocycles. The van der Waals surface area contributed by atoms with Crippen molar-refractivity contribution < 1.29 is 4.74 Å². The number of rotatable bonds is 2. The Morgan fingerprint density at radius 3 is 2.90 bits per heavy atom. The first-order valence-corrected chi connectivity index (χ1v) is 7.81. The molecule has 2 aromatic heterocycles. The minimum Gasteiger partial charge on any atom is -0.497 e. The minimum absolute atomic E-state index is 0.688. The van der Waals surface area contributed by atoms with E-state index in [9.17, 15) is 0 Å². The number of aromatic amines is 1. The van der Waals surface area contributed by atoms with Crippen LogP contribution in [0.15, 0.2) is 47.8 Å². The van der Waals surface area contributed by atoms with Crippen molar-refractivity contribution in [3.63, 3.8) is 0 Å². The summed E-state index contributed by atoms with van der Waals surface area (Å²) in [7, 11) is 1.67. The highest BCUT2D eigenvalue weighted by molar-refractivity contribution is 7.71. The van der Waals surface area contributed by atoms with Crippen molar-refractivity contribution in [1.82, 2.24) is 9.55 Å². The molecule has 0 fully saturated rings. The summed E-state index contributed by atoms with van der Waals surface area (Å²) in [5.41, 5.74) is 3.09. The summed E-state index contributed by atoms with van der Waals surface area (Å²) >= 11 is 7.23. The Hall–Kier alpha value is -2.11. The van der Waals surface area contributed by atoms with Crippen LogP contribution in [-0.2, 0) is 0 Å². The molecule has 0 amide bonds. The smallest absolute Gasteiger partial charge is 0.182 e. The standard InChI is InChI=1S/C16H12N2OS2/c1-19-12-3-4-13-14(9-12)18(16(20)17-13)11-2-5-15-10(8-11)6-7-21-15/h2-9H,1H3,(H,17,20). The molecule has 3 nitrogen and oxygen atoms in total. The topological polar surface area (TPSA) is 29.9 Å². The third-order valence-electron chi connectivity index (χ3n) is 3.58. The van der Waals surface area contributed by atoms with Crippen LogP contribution in [0.3, 0.4) is 0 Å². The third-order valence-corrected chi connectivity index (χ3v) is 4.77. The Bertz CT molecular complexity index is 1010. The van der Waals surface area contributed by atoms with Crippen LogP contribution in [0.1, 0.15) is 0 Å². The number of fused-ring (bicyclic) bond motifs is 2. The van der Waals surface area contributed by atoms with Crippen LogP contribution >= 0.6 is 23.6 Å². The maximum Gasteiger partial charge on any atom is 0.182 e. The summed E-state index contributed by atoms with van der Waals surface area (Å²) in [6, 6.07) is 14.4. The molecule has 2 heterocycles. The zero-order valence-corrected chi connectivity index (χ0v) is 12.9. The fourth-order valence-corrected chi connectivity index (χ4v) is 3.64. The normalized spacial score (nSPS) is 11.3. The molecule has 0 unspecified atom stereocenters. The van der Waals surface area contributed by atoms with Crippen molar-refractivity contribution in [3.8, 4) is 11.4 Å². The lowest BCUT2D eigenvalue weighted by molar-refractivity contribution is 0.415. The number of H-pyrrole nitrogens is 1. The van der Waals surface area contributed by atoms with Gasteiger partial charge < -0.3 is 9.72 Å². The number of nitrogens with one attached hydrogen (secondary N) is 1. The molecule has 0 saturated carbocycles. The van der Waals surface area contributed by atoms with Gasteiger partial charge in [0.05, 0.1) is 18.1 Å². The highest BCUT2D eigenvalue weighted by Gasteiger charge is 2.08. The number of nitrogens with zero attached hydrogens (tertiary/aromatic N) is 1. The molecule has 21 heavy (non-hydrogen) atoms. The number of benzene rings is 2. The molecule has 0 aliphatic rings. The lowest BCUT2D eigenvalue weighted by atomic mass is 10.2. The second kappa shape index (κ2) is 4.72. The van der Waals surface area contributed by atoms with Gasteiger partial charge in [-0.05, 0) is 59.4 Å². The van der Waals surface area contributed by atoms with Crippen LogP contribution in [-0.4, -0.2) is 16.7 Å². The van der Waals surface area contributed by atoms with Crippen LogP contribution in [0.2, 0.25) is 0 Å². The Labute approximate surface area is 130 Å². The fraction of sp³-hybridized carbons (Fsp3) is 0.0625. The van der Waals surface area contributed by atoms with Gasteiger partial charge in [-0.3, -0.25) is 4.57 Å². The number of imidazole rings is 1. The summed E-state index contributed by atoms with van der Waals surface area (Å²) in [6.45, 7) is 0. The molecule has 0 saturated heterocycles. The second-order valence-electron chi connectivity index (χ2n) is 4.79. The van der Waals surface area contributed by atoms with E-state index in [1.54, 1.807) is 18.4 Å². The number of thiophene rings is 1. The number of methoxy groups -OCH3 is 1. The van der Waals surface area contributed by atoms with Gasteiger partial charge >= 0.3 is 0 Å². The van der Waals surface area contributed by atoms with Crippen LogP contribution in [0.4, 0.5) is 0 Å². The van der Waals surface area contributed by atoms with Gasteiger partial charge in [-0.2, -0.15) is 0 Å². The zero-order valence-electron chi connectivity index (χ0n) is 11.3. The summed E-state index contributed by atoms with van der Waals surface area (Å²) in [4.78, 5) is 3.24. The average molecular weight is 312 g/mol. The van der Waals surface area contributed by atoms with Gasteiger partial charge in [-0.15, -0.1) is 11.3 Å². The second-order valence-corrected chi connectivity index (χ2v) is 6.13. The highest BCUT2D eigenvalue weighted by atomic mass is 32.1. The summed E-state index contributed by atoms with van der Waals surface area (Å²) < 4.78 is 9.33. The molecule has 2 aromatic carbocycles. The molecule has 5 heteroatoms. The van der Waals surface area contributed by atoms with Gasteiger partial charge in [-0.1, -0.05) is 0 Å². The predicted molar refractivity (Wildman–Crippen MR) is 90.4 cm³/mol. The molecule has 1 N–H and O–H groups in total. The third kappa shape index (κ3) is 1.97. The minimum atomic E-state index is 0.688. The van der Waals surface area contributed by atoms with Crippen molar-refractivity contribution in [1.29, 1.82) is 0 Å². The lowest BCUT2D eigenvalue weighted by Crippen LogP contribution is -1.93. The SMILES string of the molecule is COc1ccc2[nH]c(=S)n(-c3ccc4sccc4c3)c2c1. The van der Waals surface area contributed by atoms with Gasteiger partial charge in [0, 0.05) is 16.5 Å². The molecule has 0 atom stereocenters. The first-order chi connectivity index (χ1) is 10.3. The first kappa shape index (κ1) is 12.6. The van der Waals surface area contributed by atoms with Crippen LogP contribution in [0.5, 0.6) is 5.75 Å². The molecule has 104 valence electrons. The van der Waals surface area contributed by atoms with Gasteiger partial charge in [0.1, 0.15) is 5.75 Å². The lowest BCUT2D eigenvalue weighted by Gasteiger charge is -2.06. The van der Waals surface area contributed by atoms with E-state index in [4.69, 9.17) is 17.0 Å². The van der Waals surface area contributed by atoms with E-state index in [0.717, 1.165) is 22.5 Å². The van der Waals surface area contributed by atoms with Gasteiger partial charge in [0.25, 0.3) is 0 Å². The Morgan fingerprint density at radius 2 is 2.05 bits per heavy atom. The predicted octanol–water partition coefficient (Wildman–Crippen LogP) is 4.91. The molecule has 0 spiro atoms. The fourth-order valence-electron chi connectivity index (χ4n) is 2.56. The molecular formula is C16H12N2OS2. The van der Waals surface area contributed by atoms with Gasteiger partial charge in [0.2, 0.25) is 0 Å². The summed E-state index contributed by atoms with van der Waals surface area (Å²) in [6.07, 6.45) is 0. The Morgan fingerprint density at radius 1 is 1.14 bits per heavy atom. The van der Waals surface area contributed by atoms with Gasteiger partial charge in [0.15, 0.2) is 4.77 Å². The van der Waals surface area contributed by atoms with E-state index in [1.165, 1.54) is 10.1 Å². The highest BCUT2D eigenvalue weighted by Crippen LogP contribution is 2.27. The van der Waals surface area contributed by atoms with E-state index >= 15 is 0 Å².